The van der Waals surface area contributed by atoms with Gasteiger partial charge in [0.05, 0.1) is 12.0 Å². The van der Waals surface area contributed by atoms with Crippen LogP contribution in [0.3, 0.4) is 0 Å². The zero-order chi connectivity index (χ0) is 16.4. The average Bonchev–Trinajstić information content (AvgIpc) is 3.33. The zero-order valence-electron chi connectivity index (χ0n) is 12.7. The summed E-state index contributed by atoms with van der Waals surface area (Å²) in [6.45, 7) is 2.02. The molecule has 0 saturated carbocycles. The Balaban J connectivity index is 1.43. The molecule has 0 fully saturated rings. The summed E-state index contributed by atoms with van der Waals surface area (Å²) in [6.07, 6.45) is 1.55. The lowest BCUT2D eigenvalue weighted by Gasteiger charge is -1.95. The zero-order valence-corrected chi connectivity index (χ0v) is 13.5. The third-order valence-corrected chi connectivity index (χ3v) is 3.99. The maximum absolute atomic E-state index is 5.66. The van der Waals surface area contributed by atoms with Crippen molar-refractivity contribution in [3.63, 3.8) is 0 Å². The lowest BCUT2D eigenvalue weighted by atomic mass is 10.1. The molecular formula is C16H12N4O3S. The van der Waals surface area contributed by atoms with E-state index in [0.29, 0.717) is 34.4 Å². The number of furan rings is 1. The summed E-state index contributed by atoms with van der Waals surface area (Å²) < 4.78 is 16.4. The Morgan fingerprint density at radius 1 is 0.958 bits per heavy atom. The van der Waals surface area contributed by atoms with Crippen molar-refractivity contribution in [3.05, 3.63) is 54.1 Å². The molecular weight excluding hydrogens is 328 g/mol. The molecule has 0 spiro atoms. The van der Waals surface area contributed by atoms with Crippen molar-refractivity contribution in [2.24, 2.45) is 0 Å². The van der Waals surface area contributed by atoms with Crippen LogP contribution < -0.4 is 0 Å². The van der Waals surface area contributed by atoms with E-state index in [1.54, 1.807) is 18.4 Å². The fourth-order valence-corrected chi connectivity index (χ4v) is 2.70. The fourth-order valence-electron chi connectivity index (χ4n) is 2.10. The van der Waals surface area contributed by atoms with Gasteiger partial charge in [-0.15, -0.1) is 20.4 Å². The van der Waals surface area contributed by atoms with Crippen molar-refractivity contribution in [2.45, 2.75) is 17.9 Å². The van der Waals surface area contributed by atoms with Crippen LogP contribution in [0.1, 0.15) is 11.5 Å². The maximum Gasteiger partial charge on any atom is 0.283 e. The van der Waals surface area contributed by atoms with E-state index in [9.17, 15) is 0 Å². The van der Waals surface area contributed by atoms with E-state index in [1.165, 1.54) is 11.8 Å². The summed E-state index contributed by atoms with van der Waals surface area (Å²) in [5.41, 5.74) is 2.03. The summed E-state index contributed by atoms with van der Waals surface area (Å²) in [5, 5.41) is 16.5. The largest absolute Gasteiger partial charge is 0.459 e. The molecule has 0 saturated heterocycles. The topological polar surface area (TPSA) is 91.0 Å². The quantitative estimate of drug-likeness (QED) is 0.504. The third-order valence-electron chi connectivity index (χ3n) is 3.19. The Hall–Kier alpha value is -2.87. The Kier molecular flexibility index (Phi) is 3.87. The second-order valence-corrected chi connectivity index (χ2v) is 5.94. The lowest BCUT2D eigenvalue weighted by molar-refractivity contribution is 0.463. The first-order valence-corrected chi connectivity index (χ1v) is 8.16. The highest BCUT2D eigenvalue weighted by Crippen LogP contribution is 2.27. The molecule has 7 nitrogen and oxygen atoms in total. The molecule has 0 aliphatic carbocycles. The highest BCUT2D eigenvalue weighted by atomic mass is 32.2. The number of aryl methyl sites for hydroxylation is 1. The van der Waals surface area contributed by atoms with Crippen molar-refractivity contribution < 1.29 is 13.3 Å². The van der Waals surface area contributed by atoms with E-state index < -0.39 is 0 Å². The SMILES string of the molecule is Cc1cccc(-c2nnc(SCc3nnc(-c4ccco4)o3)o2)c1. The van der Waals surface area contributed by atoms with Crippen LogP contribution >= 0.6 is 11.8 Å². The maximum atomic E-state index is 5.66. The summed E-state index contributed by atoms with van der Waals surface area (Å²) in [4.78, 5) is 0. The minimum Gasteiger partial charge on any atom is -0.459 e. The van der Waals surface area contributed by atoms with E-state index in [1.807, 2.05) is 31.2 Å². The average molecular weight is 340 g/mol. The first-order valence-electron chi connectivity index (χ1n) is 7.17. The molecule has 3 heterocycles. The van der Waals surface area contributed by atoms with Crippen LogP contribution in [-0.4, -0.2) is 20.4 Å². The second kappa shape index (κ2) is 6.32. The van der Waals surface area contributed by atoms with Crippen molar-refractivity contribution >= 4 is 11.8 Å². The molecule has 24 heavy (non-hydrogen) atoms. The summed E-state index contributed by atoms with van der Waals surface area (Å²) in [7, 11) is 0. The van der Waals surface area contributed by atoms with Crippen LogP contribution in [0.4, 0.5) is 0 Å². The minimum absolute atomic E-state index is 0.349. The molecule has 0 atom stereocenters. The molecule has 0 aliphatic rings. The van der Waals surface area contributed by atoms with Crippen LogP contribution in [0.15, 0.2) is 61.1 Å². The van der Waals surface area contributed by atoms with Crippen molar-refractivity contribution in [1.29, 1.82) is 0 Å². The minimum atomic E-state index is 0.349. The van der Waals surface area contributed by atoms with Gasteiger partial charge in [-0.1, -0.05) is 29.5 Å². The second-order valence-electron chi connectivity index (χ2n) is 5.01. The van der Waals surface area contributed by atoms with Gasteiger partial charge >= 0.3 is 0 Å². The number of rotatable bonds is 5. The Bertz CT molecular complexity index is 946. The predicted molar refractivity (Wildman–Crippen MR) is 86.0 cm³/mol. The van der Waals surface area contributed by atoms with Crippen LogP contribution in [0.2, 0.25) is 0 Å². The number of nitrogens with zero attached hydrogens (tertiary/aromatic N) is 4. The highest BCUT2D eigenvalue weighted by molar-refractivity contribution is 7.98. The van der Waals surface area contributed by atoms with Crippen molar-refractivity contribution in [3.8, 4) is 23.1 Å². The van der Waals surface area contributed by atoms with E-state index in [-0.39, 0.29) is 0 Å². The number of benzene rings is 1. The van der Waals surface area contributed by atoms with Gasteiger partial charge in [0, 0.05) is 5.56 Å². The van der Waals surface area contributed by atoms with E-state index in [2.05, 4.69) is 20.4 Å². The molecule has 0 unspecified atom stereocenters. The van der Waals surface area contributed by atoms with E-state index in [0.717, 1.165) is 11.1 Å². The molecule has 4 aromatic rings. The molecule has 1 aromatic carbocycles. The van der Waals surface area contributed by atoms with Crippen LogP contribution in [-0.2, 0) is 5.75 Å². The highest BCUT2D eigenvalue weighted by Gasteiger charge is 2.14. The molecule has 0 amide bonds. The molecule has 0 radical (unpaired) electrons. The molecule has 0 bridgehead atoms. The van der Waals surface area contributed by atoms with E-state index in [4.69, 9.17) is 13.3 Å². The first-order chi connectivity index (χ1) is 11.8. The molecule has 3 aromatic heterocycles. The predicted octanol–water partition coefficient (Wildman–Crippen LogP) is 3.98. The molecule has 0 N–H and O–H groups in total. The van der Waals surface area contributed by atoms with Gasteiger partial charge in [-0.2, -0.15) is 0 Å². The van der Waals surface area contributed by atoms with Crippen molar-refractivity contribution in [1.82, 2.24) is 20.4 Å². The molecule has 0 aliphatic heterocycles. The Morgan fingerprint density at radius 2 is 1.88 bits per heavy atom. The van der Waals surface area contributed by atoms with Crippen molar-refractivity contribution in [2.75, 3.05) is 0 Å². The first kappa shape index (κ1) is 14.7. The van der Waals surface area contributed by atoms with Gasteiger partial charge in [-0.25, -0.2) is 0 Å². The lowest BCUT2D eigenvalue weighted by Crippen LogP contribution is -1.80. The van der Waals surface area contributed by atoms with E-state index >= 15 is 0 Å². The van der Waals surface area contributed by atoms with Gasteiger partial charge in [0.1, 0.15) is 0 Å². The van der Waals surface area contributed by atoms with Gasteiger partial charge < -0.3 is 13.3 Å². The Morgan fingerprint density at radius 3 is 2.71 bits per heavy atom. The smallest absolute Gasteiger partial charge is 0.283 e. The summed E-state index contributed by atoms with van der Waals surface area (Å²) in [5.74, 6) is 2.27. The monoisotopic (exact) mass is 340 g/mol. The molecule has 8 heteroatoms. The number of thioether (sulfide) groups is 1. The Labute approximate surface area is 141 Å². The van der Waals surface area contributed by atoms with Gasteiger partial charge in [0.15, 0.2) is 5.76 Å². The van der Waals surface area contributed by atoms with Gasteiger partial charge in [0.2, 0.25) is 11.8 Å². The van der Waals surface area contributed by atoms with Crippen LogP contribution in [0, 0.1) is 6.92 Å². The molecule has 4 rings (SSSR count). The summed E-state index contributed by atoms with van der Waals surface area (Å²) >= 11 is 1.34. The van der Waals surface area contributed by atoms with Gasteiger partial charge in [-0.05, 0) is 31.2 Å². The fraction of sp³-hybridized carbons (Fsp3) is 0.125. The van der Waals surface area contributed by atoms with Crippen LogP contribution in [0.5, 0.6) is 0 Å². The normalized spacial score (nSPS) is 11.0. The number of hydrogen-bond acceptors (Lipinski definition) is 8. The molecule has 120 valence electrons. The van der Waals surface area contributed by atoms with Crippen LogP contribution in [0.25, 0.3) is 23.1 Å². The third kappa shape index (κ3) is 3.09. The number of aromatic nitrogens is 4. The summed E-state index contributed by atoms with van der Waals surface area (Å²) in [6, 6.07) is 11.4. The van der Waals surface area contributed by atoms with Gasteiger partial charge in [-0.3, -0.25) is 0 Å². The standard InChI is InChI=1S/C16H12N4O3S/c1-10-4-2-5-11(8-10)14-18-20-16(23-14)24-9-13-17-19-15(22-13)12-6-3-7-21-12/h2-8H,9H2,1H3. The van der Waals surface area contributed by atoms with Gasteiger partial charge in [0.25, 0.3) is 11.1 Å². The number of hydrogen-bond donors (Lipinski definition) is 0.